The summed E-state index contributed by atoms with van der Waals surface area (Å²) in [5.41, 5.74) is 9.52. The zero-order chi connectivity index (χ0) is 20.8. The van der Waals surface area contributed by atoms with Gasteiger partial charge in [-0.05, 0) is 42.7 Å². The Morgan fingerprint density at radius 1 is 1.00 bits per heavy atom. The van der Waals surface area contributed by atoms with Crippen molar-refractivity contribution in [2.75, 3.05) is 5.32 Å². The van der Waals surface area contributed by atoms with Gasteiger partial charge in [0, 0.05) is 28.1 Å². The van der Waals surface area contributed by atoms with Crippen LogP contribution in [-0.2, 0) is 0 Å². The molecule has 1 N–H and O–H groups in total. The summed E-state index contributed by atoms with van der Waals surface area (Å²) < 4.78 is 0. The second kappa shape index (κ2) is 9.07. The van der Waals surface area contributed by atoms with E-state index in [1.165, 1.54) is 5.56 Å². The molecule has 0 unspecified atom stereocenters. The molecule has 0 saturated carbocycles. The molecule has 0 fully saturated rings. The molecule has 144 valence electrons. The van der Waals surface area contributed by atoms with E-state index < -0.39 is 0 Å². The molecular weight excluding hydrogens is 350 g/mol. The monoisotopic (exact) mass is 377 g/mol. The summed E-state index contributed by atoms with van der Waals surface area (Å²) in [7, 11) is 0. The highest BCUT2D eigenvalue weighted by molar-refractivity contribution is 5.98. The minimum atomic E-state index is 0.846. The number of fused-ring (bicyclic) bond motifs is 1. The van der Waals surface area contributed by atoms with Crippen molar-refractivity contribution in [1.29, 1.82) is 0 Å². The summed E-state index contributed by atoms with van der Waals surface area (Å²) in [5.74, 6) is 0. The first-order valence-corrected chi connectivity index (χ1v) is 9.75. The van der Waals surface area contributed by atoms with Gasteiger partial charge in [-0.2, -0.15) is 0 Å². The summed E-state index contributed by atoms with van der Waals surface area (Å²) in [6.45, 7) is 16.7. The Kier molecular flexibility index (Phi) is 6.31. The quantitative estimate of drug-likeness (QED) is 0.510. The molecule has 2 aromatic carbocycles. The van der Waals surface area contributed by atoms with Crippen molar-refractivity contribution in [1.82, 2.24) is 0 Å². The minimum absolute atomic E-state index is 0.846. The Balaban J connectivity index is 2.21. The molecule has 0 amide bonds. The van der Waals surface area contributed by atoms with Gasteiger partial charge in [0.15, 0.2) is 0 Å². The Labute approximate surface area is 174 Å². The highest BCUT2D eigenvalue weighted by atomic mass is 14.9. The van der Waals surface area contributed by atoms with Crippen LogP contribution in [0.4, 0.5) is 5.69 Å². The van der Waals surface area contributed by atoms with Crippen LogP contribution in [0.3, 0.4) is 0 Å². The van der Waals surface area contributed by atoms with E-state index in [2.05, 4.69) is 80.5 Å². The lowest BCUT2D eigenvalue weighted by molar-refractivity contribution is 1.31. The van der Waals surface area contributed by atoms with Crippen LogP contribution in [0.1, 0.15) is 23.6 Å². The molecule has 29 heavy (non-hydrogen) atoms. The van der Waals surface area contributed by atoms with E-state index in [4.69, 9.17) is 0 Å². The van der Waals surface area contributed by atoms with Gasteiger partial charge in [0.05, 0.1) is 0 Å². The van der Waals surface area contributed by atoms with Gasteiger partial charge in [-0.25, -0.2) is 0 Å². The molecule has 1 heteroatoms. The number of rotatable bonds is 6. The van der Waals surface area contributed by atoms with Crippen LogP contribution >= 0.6 is 0 Å². The fourth-order valence-electron chi connectivity index (χ4n) is 3.51. The van der Waals surface area contributed by atoms with Crippen molar-refractivity contribution in [2.45, 2.75) is 13.8 Å². The number of anilines is 1. The second-order valence-electron chi connectivity index (χ2n) is 7.03. The zero-order valence-corrected chi connectivity index (χ0v) is 17.2. The zero-order valence-electron chi connectivity index (χ0n) is 17.2. The highest BCUT2D eigenvalue weighted by Gasteiger charge is 2.24. The number of allylic oxidation sites excluding steroid dienone is 8. The van der Waals surface area contributed by atoms with Gasteiger partial charge in [-0.1, -0.05) is 98.2 Å². The number of aryl methyl sites for hydroxylation is 1. The lowest BCUT2D eigenvalue weighted by Crippen LogP contribution is -2.13. The topological polar surface area (TPSA) is 12.0 Å². The standard InChI is InChI=1S/C28H27N/c1-6-11-24(12-7-2)28-25-19-20(3)15-18-26(25)29-22(5)27(28)21(4)16-17-23-13-9-8-10-14-23/h6-19,29H,1,4-5H2,2-3H3/b12-7-,17-16+,24-11+. The molecule has 1 heterocycles. The molecule has 1 aliphatic rings. The molecular formula is C28H27N. The highest BCUT2D eigenvalue weighted by Crippen LogP contribution is 2.42. The molecule has 0 bridgehead atoms. The van der Waals surface area contributed by atoms with Gasteiger partial charge in [0.2, 0.25) is 0 Å². The van der Waals surface area contributed by atoms with Crippen LogP contribution in [0.5, 0.6) is 0 Å². The Morgan fingerprint density at radius 2 is 1.76 bits per heavy atom. The van der Waals surface area contributed by atoms with E-state index in [0.29, 0.717) is 0 Å². The maximum Gasteiger partial charge on any atom is 0.0464 e. The third kappa shape index (κ3) is 4.47. The lowest BCUT2D eigenvalue weighted by Gasteiger charge is -2.28. The van der Waals surface area contributed by atoms with Crippen molar-refractivity contribution in [3.05, 3.63) is 138 Å². The Hall–Kier alpha value is -3.58. The average molecular weight is 378 g/mol. The van der Waals surface area contributed by atoms with Crippen LogP contribution in [-0.4, -0.2) is 0 Å². The van der Waals surface area contributed by atoms with E-state index >= 15 is 0 Å². The first-order chi connectivity index (χ1) is 14.0. The molecule has 0 atom stereocenters. The van der Waals surface area contributed by atoms with Crippen molar-refractivity contribution in [3.63, 3.8) is 0 Å². The number of benzene rings is 2. The van der Waals surface area contributed by atoms with Crippen molar-refractivity contribution >= 4 is 17.3 Å². The molecule has 1 nitrogen and oxygen atoms in total. The van der Waals surface area contributed by atoms with Crippen molar-refractivity contribution < 1.29 is 0 Å². The summed E-state index contributed by atoms with van der Waals surface area (Å²) in [5, 5.41) is 3.46. The van der Waals surface area contributed by atoms with Gasteiger partial charge in [-0.3, -0.25) is 0 Å². The fourth-order valence-corrected chi connectivity index (χ4v) is 3.51. The van der Waals surface area contributed by atoms with Crippen LogP contribution in [0.15, 0.2) is 121 Å². The summed E-state index contributed by atoms with van der Waals surface area (Å²) in [6, 6.07) is 16.7. The predicted molar refractivity (Wildman–Crippen MR) is 129 cm³/mol. The van der Waals surface area contributed by atoms with Crippen molar-refractivity contribution in [3.8, 4) is 0 Å². The van der Waals surface area contributed by atoms with Crippen LogP contribution in [0.25, 0.3) is 11.6 Å². The fraction of sp³-hybridized carbons (Fsp3) is 0.0714. The van der Waals surface area contributed by atoms with E-state index in [-0.39, 0.29) is 0 Å². The summed E-state index contributed by atoms with van der Waals surface area (Å²) >= 11 is 0. The number of nitrogens with one attached hydrogen (secondary N) is 1. The van der Waals surface area contributed by atoms with Gasteiger partial charge in [-0.15, -0.1) is 0 Å². The van der Waals surface area contributed by atoms with E-state index in [0.717, 1.165) is 44.8 Å². The van der Waals surface area contributed by atoms with Crippen LogP contribution in [0.2, 0.25) is 0 Å². The van der Waals surface area contributed by atoms with Gasteiger partial charge >= 0.3 is 0 Å². The molecule has 0 spiro atoms. The van der Waals surface area contributed by atoms with E-state index in [1.807, 2.05) is 43.4 Å². The maximum absolute atomic E-state index is 4.37. The predicted octanol–water partition coefficient (Wildman–Crippen LogP) is 7.65. The van der Waals surface area contributed by atoms with Crippen molar-refractivity contribution in [2.24, 2.45) is 0 Å². The third-order valence-corrected chi connectivity index (χ3v) is 4.81. The second-order valence-corrected chi connectivity index (χ2v) is 7.03. The first-order valence-electron chi connectivity index (χ1n) is 9.75. The van der Waals surface area contributed by atoms with Crippen LogP contribution < -0.4 is 5.32 Å². The van der Waals surface area contributed by atoms with Gasteiger partial charge in [0.25, 0.3) is 0 Å². The normalized spacial score (nSPS) is 14.3. The minimum Gasteiger partial charge on any atom is -0.355 e. The smallest absolute Gasteiger partial charge is 0.0464 e. The largest absolute Gasteiger partial charge is 0.355 e. The maximum atomic E-state index is 4.37. The molecule has 0 aliphatic carbocycles. The van der Waals surface area contributed by atoms with E-state index in [1.54, 1.807) is 0 Å². The Bertz CT molecular complexity index is 1070. The molecule has 3 rings (SSSR count). The Morgan fingerprint density at radius 3 is 2.45 bits per heavy atom. The SMILES string of the molecule is C=C/C=C(\C=C/C)C1=C(C(=C)/C=C/c2ccccc2)C(=C)Nc2ccc(C)cc21. The number of hydrogen-bond donors (Lipinski definition) is 1. The lowest BCUT2D eigenvalue weighted by atomic mass is 9.83. The first kappa shape index (κ1) is 20.2. The molecule has 0 saturated heterocycles. The van der Waals surface area contributed by atoms with Gasteiger partial charge < -0.3 is 5.32 Å². The molecule has 2 aromatic rings. The summed E-state index contributed by atoms with van der Waals surface area (Å²) in [4.78, 5) is 0. The molecule has 1 aliphatic heterocycles. The van der Waals surface area contributed by atoms with Gasteiger partial charge in [0.1, 0.15) is 0 Å². The number of hydrogen-bond acceptors (Lipinski definition) is 1. The molecule has 0 radical (unpaired) electrons. The van der Waals surface area contributed by atoms with Crippen LogP contribution in [0, 0.1) is 6.92 Å². The van der Waals surface area contributed by atoms with E-state index in [9.17, 15) is 0 Å². The third-order valence-electron chi connectivity index (χ3n) is 4.81. The molecule has 0 aromatic heterocycles. The average Bonchev–Trinajstić information content (AvgIpc) is 2.72. The summed E-state index contributed by atoms with van der Waals surface area (Å²) in [6.07, 6.45) is 12.1.